The van der Waals surface area contributed by atoms with Gasteiger partial charge in [-0.05, 0) is 29.8 Å². The molecule has 0 fully saturated rings. The van der Waals surface area contributed by atoms with Crippen LogP contribution < -0.4 is 14.8 Å². The third-order valence-corrected chi connectivity index (χ3v) is 5.17. The van der Waals surface area contributed by atoms with Crippen LogP contribution in [-0.4, -0.2) is 23.9 Å². The molecule has 1 atom stereocenters. The summed E-state index contributed by atoms with van der Waals surface area (Å²) in [6.45, 7) is 0.332. The minimum absolute atomic E-state index is 0.0232. The van der Waals surface area contributed by atoms with Gasteiger partial charge in [-0.25, -0.2) is 0 Å². The lowest BCUT2D eigenvalue weighted by atomic mass is 10.2. The Morgan fingerprint density at radius 2 is 2.04 bits per heavy atom. The van der Waals surface area contributed by atoms with Crippen LogP contribution in [-0.2, 0) is 20.9 Å². The van der Waals surface area contributed by atoms with E-state index in [-0.39, 0.29) is 25.7 Å². The summed E-state index contributed by atoms with van der Waals surface area (Å²) >= 11 is 1.38. The van der Waals surface area contributed by atoms with Gasteiger partial charge < -0.3 is 19.5 Å². The Morgan fingerprint density at radius 1 is 1.20 bits per heavy atom. The number of amides is 1. The molecule has 2 aliphatic rings. The Balaban J connectivity index is 1.34. The minimum atomic E-state index is -0.487. The average molecular weight is 357 g/mol. The van der Waals surface area contributed by atoms with Crippen LogP contribution in [0.1, 0.15) is 12.0 Å². The Bertz CT molecular complexity index is 838. The molecule has 2 aromatic rings. The number of hydrogen-bond donors (Lipinski definition) is 1. The number of benzene rings is 2. The summed E-state index contributed by atoms with van der Waals surface area (Å²) in [6, 6.07) is 12.9. The fraction of sp³-hybridized carbons (Fsp3) is 0.222. The molecule has 25 heavy (non-hydrogen) atoms. The summed E-state index contributed by atoms with van der Waals surface area (Å²) in [4.78, 5) is 25.2. The van der Waals surface area contributed by atoms with Crippen LogP contribution in [0.25, 0.3) is 0 Å². The summed E-state index contributed by atoms with van der Waals surface area (Å²) < 4.78 is 15.8. The number of nitrogens with one attached hydrogen (secondary N) is 1. The number of hydrogen-bond acceptors (Lipinski definition) is 6. The van der Waals surface area contributed by atoms with Crippen LogP contribution >= 0.6 is 11.8 Å². The molecule has 2 heterocycles. The van der Waals surface area contributed by atoms with Gasteiger partial charge in [0, 0.05) is 4.90 Å². The highest BCUT2D eigenvalue weighted by Gasteiger charge is 2.29. The summed E-state index contributed by atoms with van der Waals surface area (Å²) in [6.07, 6.45) is 0.0232. The normalized spacial score (nSPS) is 17.6. The lowest BCUT2D eigenvalue weighted by Crippen LogP contribution is -2.31. The maximum absolute atomic E-state index is 12.1. The zero-order valence-corrected chi connectivity index (χ0v) is 14.0. The first-order valence-corrected chi connectivity index (χ1v) is 8.68. The smallest absolute Gasteiger partial charge is 0.307 e. The molecule has 0 aromatic heterocycles. The van der Waals surface area contributed by atoms with Crippen molar-refractivity contribution in [2.24, 2.45) is 0 Å². The lowest BCUT2D eigenvalue weighted by molar-refractivity contribution is -0.145. The Morgan fingerprint density at radius 3 is 2.96 bits per heavy atom. The number of para-hydroxylation sites is 1. The van der Waals surface area contributed by atoms with Crippen molar-refractivity contribution in [1.29, 1.82) is 0 Å². The van der Waals surface area contributed by atoms with E-state index in [0.717, 1.165) is 16.1 Å². The maximum Gasteiger partial charge on any atom is 0.307 e. The third kappa shape index (κ3) is 3.41. The first-order valence-electron chi connectivity index (χ1n) is 7.80. The molecule has 0 saturated heterocycles. The van der Waals surface area contributed by atoms with Crippen molar-refractivity contribution in [3.05, 3.63) is 48.0 Å². The molecule has 7 heteroatoms. The second-order valence-electron chi connectivity index (χ2n) is 5.64. The fourth-order valence-electron chi connectivity index (χ4n) is 2.63. The zero-order chi connectivity index (χ0) is 17.2. The Labute approximate surface area is 148 Å². The number of ether oxygens (including phenoxy) is 3. The standard InChI is InChI=1S/C18H15NO5S/c20-17(22-9-11-5-6-13-14(7-11)24-10-23-13)8-16-18(21)19-12-3-1-2-4-15(12)25-16/h1-7,16H,8-10H2,(H,19,21)/t16-/m0/s1. The zero-order valence-electron chi connectivity index (χ0n) is 13.2. The van der Waals surface area contributed by atoms with Gasteiger partial charge >= 0.3 is 5.97 Å². The molecule has 0 aliphatic carbocycles. The molecule has 6 nitrogen and oxygen atoms in total. The van der Waals surface area contributed by atoms with Gasteiger partial charge in [0.25, 0.3) is 0 Å². The number of rotatable bonds is 4. The van der Waals surface area contributed by atoms with Crippen molar-refractivity contribution < 1.29 is 23.8 Å². The second-order valence-corrected chi connectivity index (χ2v) is 6.89. The maximum atomic E-state index is 12.1. The van der Waals surface area contributed by atoms with Crippen molar-refractivity contribution >= 4 is 29.3 Å². The molecule has 128 valence electrons. The molecule has 0 saturated carbocycles. The summed E-state index contributed by atoms with van der Waals surface area (Å²) in [5, 5.41) is 2.33. The number of fused-ring (bicyclic) bond motifs is 2. The van der Waals surface area contributed by atoms with Crippen molar-refractivity contribution in [3.8, 4) is 11.5 Å². The van der Waals surface area contributed by atoms with E-state index in [4.69, 9.17) is 14.2 Å². The van der Waals surface area contributed by atoms with Crippen molar-refractivity contribution in [2.75, 3.05) is 12.1 Å². The summed E-state index contributed by atoms with van der Waals surface area (Å²) in [7, 11) is 0. The minimum Gasteiger partial charge on any atom is -0.461 e. The molecule has 0 spiro atoms. The van der Waals surface area contributed by atoms with E-state index in [0.29, 0.717) is 11.5 Å². The molecular weight excluding hydrogens is 342 g/mol. The van der Waals surface area contributed by atoms with Gasteiger partial charge in [-0.1, -0.05) is 18.2 Å². The molecule has 2 aromatic carbocycles. The fourth-order valence-corrected chi connectivity index (χ4v) is 3.73. The Kier molecular flexibility index (Phi) is 4.23. The topological polar surface area (TPSA) is 73.9 Å². The quantitative estimate of drug-likeness (QED) is 0.848. The molecule has 4 rings (SSSR count). The average Bonchev–Trinajstić information content (AvgIpc) is 3.08. The highest BCUT2D eigenvalue weighted by Crippen LogP contribution is 2.37. The highest BCUT2D eigenvalue weighted by atomic mass is 32.2. The van der Waals surface area contributed by atoms with Crippen LogP contribution in [0.3, 0.4) is 0 Å². The van der Waals surface area contributed by atoms with Gasteiger partial charge in [-0.2, -0.15) is 0 Å². The van der Waals surface area contributed by atoms with Gasteiger partial charge in [0.05, 0.1) is 17.4 Å². The van der Waals surface area contributed by atoms with Crippen molar-refractivity contribution in [3.63, 3.8) is 0 Å². The number of carbonyl (C=O) groups excluding carboxylic acids is 2. The summed E-state index contributed by atoms with van der Waals surface area (Å²) in [5.74, 6) is 0.741. The van der Waals surface area contributed by atoms with Crippen molar-refractivity contribution in [1.82, 2.24) is 0 Å². The van der Waals surface area contributed by atoms with E-state index >= 15 is 0 Å². The molecule has 0 radical (unpaired) electrons. The predicted molar refractivity (Wildman–Crippen MR) is 91.7 cm³/mol. The molecular formula is C18H15NO5S. The predicted octanol–water partition coefficient (Wildman–Crippen LogP) is 2.96. The van der Waals surface area contributed by atoms with Crippen LogP contribution in [0, 0.1) is 0 Å². The van der Waals surface area contributed by atoms with E-state index in [2.05, 4.69) is 5.32 Å². The van der Waals surface area contributed by atoms with Crippen LogP contribution in [0.2, 0.25) is 0 Å². The van der Waals surface area contributed by atoms with Gasteiger partial charge in [0.2, 0.25) is 12.7 Å². The van der Waals surface area contributed by atoms with E-state index in [9.17, 15) is 9.59 Å². The van der Waals surface area contributed by atoms with E-state index in [1.807, 2.05) is 30.3 Å². The number of thioether (sulfide) groups is 1. The van der Waals surface area contributed by atoms with E-state index in [1.54, 1.807) is 12.1 Å². The molecule has 2 aliphatic heterocycles. The van der Waals surface area contributed by atoms with Crippen molar-refractivity contribution in [2.45, 2.75) is 23.2 Å². The summed E-state index contributed by atoms with van der Waals surface area (Å²) in [5.41, 5.74) is 1.59. The number of esters is 1. The van der Waals surface area contributed by atoms with Crippen LogP contribution in [0.5, 0.6) is 11.5 Å². The Hall–Kier alpha value is -2.67. The van der Waals surface area contributed by atoms with E-state index < -0.39 is 11.2 Å². The van der Waals surface area contributed by atoms with Crippen LogP contribution in [0.15, 0.2) is 47.4 Å². The third-order valence-electron chi connectivity index (χ3n) is 3.90. The van der Waals surface area contributed by atoms with Gasteiger partial charge in [0.1, 0.15) is 6.61 Å². The molecule has 0 unspecified atom stereocenters. The number of anilines is 1. The molecule has 1 N–H and O–H groups in total. The van der Waals surface area contributed by atoms with Gasteiger partial charge in [-0.15, -0.1) is 11.8 Å². The second kappa shape index (κ2) is 6.68. The molecule has 1 amide bonds. The SMILES string of the molecule is O=C(C[C@@H]1Sc2ccccc2NC1=O)OCc1ccc2c(c1)OCO2. The largest absolute Gasteiger partial charge is 0.461 e. The first-order chi connectivity index (χ1) is 12.2. The highest BCUT2D eigenvalue weighted by molar-refractivity contribution is 8.01. The van der Waals surface area contributed by atoms with Gasteiger partial charge in [0.15, 0.2) is 11.5 Å². The lowest BCUT2D eigenvalue weighted by Gasteiger charge is -2.23. The number of carbonyl (C=O) groups is 2. The monoisotopic (exact) mass is 357 g/mol. The first kappa shape index (κ1) is 15.8. The van der Waals surface area contributed by atoms with Crippen LogP contribution in [0.4, 0.5) is 5.69 Å². The van der Waals surface area contributed by atoms with E-state index in [1.165, 1.54) is 11.8 Å². The molecule has 0 bridgehead atoms. The van der Waals surface area contributed by atoms with Gasteiger partial charge in [-0.3, -0.25) is 9.59 Å².